The van der Waals surface area contributed by atoms with Crippen molar-refractivity contribution in [3.8, 4) is 0 Å². The lowest BCUT2D eigenvalue weighted by Gasteiger charge is -2.17. The van der Waals surface area contributed by atoms with E-state index in [0.717, 1.165) is 13.0 Å². The van der Waals surface area contributed by atoms with Gasteiger partial charge in [-0.15, -0.1) is 0 Å². The van der Waals surface area contributed by atoms with Crippen molar-refractivity contribution in [1.29, 1.82) is 0 Å². The third-order valence-electron chi connectivity index (χ3n) is 1.68. The van der Waals surface area contributed by atoms with Gasteiger partial charge in [-0.2, -0.15) is 0 Å². The van der Waals surface area contributed by atoms with Crippen molar-refractivity contribution in [2.45, 2.75) is 6.42 Å². The van der Waals surface area contributed by atoms with E-state index < -0.39 is 0 Å². The predicted molar refractivity (Wildman–Crippen MR) is 45.8 cm³/mol. The Morgan fingerprint density at radius 2 is 2.55 bits per heavy atom. The Morgan fingerprint density at radius 1 is 1.73 bits per heavy atom. The van der Waals surface area contributed by atoms with Gasteiger partial charge in [0.25, 0.3) is 0 Å². The van der Waals surface area contributed by atoms with Crippen molar-refractivity contribution in [1.82, 2.24) is 4.90 Å². The van der Waals surface area contributed by atoms with Gasteiger partial charge in [-0.25, -0.2) is 0 Å². The number of rotatable bonds is 3. The summed E-state index contributed by atoms with van der Waals surface area (Å²) < 4.78 is 0. The summed E-state index contributed by atoms with van der Waals surface area (Å²) >= 11 is 0. The van der Waals surface area contributed by atoms with Crippen LogP contribution in [0.5, 0.6) is 0 Å². The molecule has 0 bridgehead atoms. The van der Waals surface area contributed by atoms with Gasteiger partial charge in [0.15, 0.2) is 0 Å². The lowest BCUT2D eigenvalue weighted by molar-refractivity contribution is 0.300. The SMILES string of the molecule is C=CN1C=CC(CCO)=CC1. The summed E-state index contributed by atoms with van der Waals surface area (Å²) in [5, 5.41) is 8.63. The average molecular weight is 151 g/mol. The van der Waals surface area contributed by atoms with Crippen LogP contribution in [0, 0.1) is 0 Å². The van der Waals surface area contributed by atoms with E-state index in [-0.39, 0.29) is 6.61 Å². The van der Waals surface area contributed by atoms with Crippen LogP contribution in [0.2, 0.25) is 0 Å². The van der Waals surface area contributed by atoms with Gasteiger partial charge in [0, 0.05) is 19.4 Å². The molecule has 0 aromatic rings. The summed E-state index contributed by atoms with van der Waals surface area (Å²) in [6.45, 7) is 4.75. The van der Waals surface area contributed by atoms with Gasteiger partial charge in [0.2, 0.25) is 0 Å². The highest BCUT2D eigenvalue weighted by atomic mass is 16.2. The van der Waals surface area contributed by atoms with Gasteiger partial charge in [-0.1, -0.05) is 12.7 Å². The second-order valence-electron chi connectivity index (χ2n) is 2.45. The second-order valence-corrected chi connectivity index (χ2v) is 2.45. The molecule has 0 atom stereocenters. The Kier molecular flexibility index (Phi) is 2.93. The second kappa shape index (κ2) is 3.98. The maximum Gasteiger partial charge on any atom is 0.0471 e. The molecule has 2 nitrogen and oxygen atoms in total. The molecule has 1 aliphatic heterocycles. The van der Waals surface area contributed by atoms with Gasteiger partial charge in [0.05, 0.1) is 0 Å². The number of allylic oxidation sites excluding steroid dienone is 1. The van der Waals surface area contributed by atoms with Crippen molar-refractivity contribution in [3.05, 3.63) is 36.7 Å². The van der Waals surface area contributed by atoms with E-state index in [9.17, 15) is 0 Å². The Morgan fingerprint density at radius 3 is 3.00 bits per heavy atom. The standard InChI is InChI=1S/C9H13NO/c1-2-10-6-3-9(4-7-10)5-8-11/h2-4,6,11H,1,5,7-8H2. The van der Waals surface area contributed by atoms with Crippen LogP contribution in [0.3, 0.4) is 0 Å². The van der Waals surface area contributed by atoms with E-state index in [1.807, 2.05) is 17.2 Å². The van der Waals surface area contributed by atoms with Crippen LogP contribution in [0.4, 0.5) is 0 Å². The molecule has 2 heteroatoms. The molecule has 0 unspecified atom stereocenters. The van der Waals surface area contributed by atoms with Gasteiger partial charge < -0.3 is 10.0 Å². The molecular formula is C9H13NO. The van der Waals surface area contributed by atoms with Crippen LogP contribution in [0.15, 0.2) is 36.7 Å². The Balaban J connectivity index is 2.45. The third kappa shape index (κ3) is 2.24. The van der Waals surface area contributed by atoms with Crippen LogP contribution in [0.1, 0.15) is 6.42 Å². The first-order chi connectivity index (χ1) is 5.36. The molecule has 0 amide bonds. The average Bonchev–Trinajstić information content (AvgIpc) is 2.07. The molecule has 1 rings (SSSR count). The molecule has 11 heavy (non-hydrogen) atoms. The van der Waals surface area contributed by atoms with Crippen LogP contribution in [-0.2, 0) is 0 Å². The van der Waals surface area contributed by atoms with Crippen molar-refractivity contribution >= 4 is 0 Å². The minimum atomic E-state index is 0.226. The van der Waals surface area contributed by atoms with E-state index in [4.69, 9.17) is 5.11 Å². The zero-order chi connectivity index (χ0) is 8.10. The zero-order valence-electron chi connectivity index (χ0n) is 6.53. The molecule has 0 fully saturated rings. The third-order valence-corrected chi connectivity index (χ3v) is 1.68. The van der Waals surface area contributed by atoms with Gasteiger partial charge >= 0.3 is 0 Å². The molecule has 0 aromatic heterocycles. The quantitative estimate of drug-likeness (QED) is 0.656. The Hall–Kier alpha value is -1.02. The Labute approximate surface area is 67.1 Å². The molecule has 1 heterocycles. The largest absolute Gasteiger partial charge is 0.396 e. The number of hydrogen-bond acceptors (Lipinski definition) is 2. The summed E-state index contributed by atoms with van der Waals surface area (Å²) in [6.07, 6.45) is 8.60. The van der Waals surface area contributed by atoms with E-state index >= 15 is 0 Å². The molecule has 1 aliphatic rings. The zero-order valence-corrected chi connectivity index (χ0v) is 6.53. The molecule has 60 valence electrons. The lowest BCUT2D eigenvalue weighted by atomic mass is 10.1. The minimum absolute atomic E-state index is 0.226. The predicted octanol–water partition coefficient (Wildman–Crippen LogP) is 1.27. The first kappa shape index (κ1) is 8.08. The van der Waals surface area contributed by atoms with E-state index in [1.54, 1.807) is 6.20 Å². The first-order valence-electron chi connectivity index (χ1n) is 3.73. The summed E-state index contributed by atoms with van der Waals surface area (Å²) in [4.78, 5) is 1.99. The van der Waals surface area contributed by atoms with Crippen molar-refractivity contribution in [3.63, 3.8) is 0 Å². The smallest absolute Gasteiger partial charge is 0.0471 e. The number of aliphatic hydroxyl groups excluding tert-OH is 1. The van der Waals surface area contributed by atoms with Crippen molar-refractivity contribution in [2.24, 2.45) is 0 Å². The van der Waals surface area contributed by atoms with Gasteiger partial charge in [-0.05, 0) is 24.3 Å². The lowest BCUT2D eigenvalue weighted by Crippen LogP contribution is -2.12. The van der Waals surface area contributed by atoms with Gasteiger partial charge in [0.1, 0.15) is 0 Å². The highest BCUT2D eigenvalue weighted by molar-refractivity contribution is 5.23. The molecule has 1 N–H and O–H groups in total. The fourth-order valence-electron chi connectivity index (χ4n) is 0.993. The number of aliphatic hydroxyl groups is 1. The summed E-state index contributed by atoms with van der Waals surface area (Å²) in [6, 6.07) is 0. The van der Waals surface area contributed by atoms with Crippen molar-refractivity contribution in [2.75, 3.05) is 13.2 Å². The molecule has 0 radical (unpaired) electrons. The minimum Gasteiger partial charge on any atom is -0.396 e. The molecular weight excluding hydrogens is 138 g/mol. The Bertz CT molecular complexity index is 194. The van der Waals surface area contributed by atoms with E-state index in [2.05, 4.69) is 12.7 Å². The van der Waals surface area contributed by atoms with E-state index in [0.29, 0.717) is 0 Å². The first-order valence-corrected chi connectivity index (χ1v) is 3.73. The summed E-state index contributed by atoms with van der Waals surface area (Å²) in [5.41, 5.74) is 1.20. The van der Waals surface area contributed by atoms with Gasteiger partial charge in [-0.3, -0.25) is 0 Å². The fourth-order valence-corrected chi connectivity index (χ4v) is 0.993. The highest BCUT2D eigenvalue weighted by Gasteiger charge is 1.99. The highest BCUT2D eigenvalue weighted by Crippen LogP contribution is 2.09. The fraction of sp³-hybridized carbons (Fsp3) is 0.333. The maximum absolute atomic E-state index is 8.63. The summed E-state index contributed by atoms with van der Waals surface area (Å²) in [7, 11) is 0. The monoisotopic (exact) mass is 151 g/mol. The van der Waals surface area contributed by atoms with Crippen LogP contribution in [0.25, 0.3) is 0 Å². The molecule has 0 saturated carbocycles. The molecule has 0 aliphatic carbocycles. The molecule has 0 saturated heterocycles. The summed E-state index contributed by atoms with van der Waals surface area (Å²) in [5.74, 6) is 0. The van der Waals surface area contributed by atoms with E-state index in [1.165, 1.54) is 5.57 Å². The molecule has 0 spiro atoms. The topological polar surface area (TPSA) is 23.5 Å². The van der Waals surface area contributed by atoms with Crippen LogP contribution in [-0.4, -0.2) is 23.2 Å². The normalized spacial score (nSPS) is 16.5. The van der Waals surface area contributed by atoms with Crippen molar-refractivity contribution < 1.29 is 5.11 Å². The number of hydrogen-bond donors (Lipinski definition) is 1. The molecule has 0 aromatic carbocycles. The van der Waals surface area contributed by atoms with Crippen LogP contribution >= 0.6 is 0 Å². The number of nitrogens with zero attached hydrogens (tertiary/aromatic N) is 1. The maximum atomic E-state index is 8.63. The van der Waals surface area contributed by atoms with Crippen LogP contribution < -0.4 is 0 Å².